The number of likely N-dealkylation sites (tertiary alicyclic amines) is 2. The minimum Gasteiger partial charge on any atom is -0.780 e. The highest BCUT2D eigenvalue weighted by atomic mass is 32.5. The zero-order valence-corrected chi connectivity index (χ0v) is 49.9. The molecule has 0 spiro atoms. The number of rotatable bonds is 29. The number of aliphatic hydroxyl groups is 1. The minimum atomic E-state index is -4.14. The Balaban J connectivity index is 1.05. The van der Waals surface area contributed by atoms with Crippen LogP contribution in [0.1, 0.15) is 108 Å². The maximum atomic E-state index is 14.1. The van der Waals surface area contributed by atoms with E-state index < -0.39 is 109 Å². The first kappa shape index (κ1) is 69.4. The molecule has 2 unspecified atom stereocenters. The van der Waals surface area contributed by atoms with Gasteiger partial charge in [0.2, 0.25) is 59.1 Å². The molecule has 16 N–H and O–H groups in total. The summed E-state index contributed by atoms with van der Waals surface area (Å²) in [4.78, 5) is 173. The zero-order valence-electron chi connectivity index (χ0n) is 47.3. The quantitative estimate of drug-likeness (QED) is 0.0121. The van der Waals surface area contributed by atoms with E-state index in [2.05, 4.69) is 54.0 Å². The van der Waals surface area contributed by atoms with Crippen LogP contribution in [-0.4, -0.2) is 195 Å². The van der Waals surface area contributed by atoms with E-state index in [1.807, 2.05) is 0 Å². The molecule has 3 saturated heterocycles. The highest BCUT2D eigenvalue weighted by molar-refractivity contribution is 8.06. The van der Waals surface area contributed by atoms with Crippen molar-refractivity contribution < 1.29 is 77.3 Å². The number of amides is 10. The second kappa shape index (κ2) is 34.7. The number of imide groups is 1. The molecule has 0 aromatic heterocycles. The maximum absolute atomic E-state index is 14.1. The summed E-state index contributed by atoms with van der Waals surface area (Å²) in [5, 5.41) is 37.1. The number of aliphatic hydroxyl groups excluding tert-OH is 1. The molecule has 32 heteroatoms. The van der Waals surface area contributed by atoms with Crippen molar-refractivity contribution in [2.75, 3.05) is 51.6 Å². The van der Waals surface area contributed by atoms with Crippen molar-refractivity contribution in [1.29, 1.82) is 0 Å². The standard InChI is InChI=1S/C53H82N13O16PS2/c54-36(30-85-41-25-44(70)66(52(41)79)27-32-15-17-33(18-16-32)46(73)57-19-7-2-5-14-43(69)65-28-35(67)23-34(65)29-82-83(80,81)84)47(74)58-20-8-6-12-38-49(76)62-37(13-9-21-59-53(55)56)48(75)60-26-42(68)61-40(24-45(71)72)51(78)64-39(50(77)63-38)22-31-10-3-1-4-11-31/h1,3-4,10-11,32-41,67H,2,5-9,12-30,54H2,(H,57,73)(H,58,74)(H,60,75)(H,61,68)(H,62,76)(H,63,77)(H,64,78)(H,71,72)(H4,55,56,59)(H2,80,81,84)/p-1/t32?,33?,34-,35+,36-,37-,38-,39+,40-,41?/m0/s1. The number of carbonyl (C=O) groups excluding carboxylic acids is 10. The average molecular weight is 1250 g/mol. The molecule has 3 aliphatic heterocycles. The van der Waals surface area contributed by atoms with Crippen LogP contribution in [0, 0.1) is 11.8 Å². The number of carboxylic acids is 1. The Morgan fingerprint density at radius 1 is 0.835 bits per heavy atom. The highest BCUT2D eigenvalue weighted by Gasteiger charge is 2.41. The Kier molecular flexibility index (Phi) is 28.4. The molecule has 9 atom stereocenters. The van der Waals surface area contributed by atoms with Crippen LogP contribution in [0.3, 0.4) is 0 Å². The number of unbranched alkanes of at least 4 members (excludes halogenated alkanes) is 3. The molecule has 0 bridgehead atoms. The van der Waals surface area contributed by atoms with Crippen LogP contribution in [0.2, 0.25) is 0 Å². The second-order valence-electron chi connectivity index (χ2n) is 21.7. The lowest BCUT2D eigenvalue weighted by molar-refractivity contribution is -0.202. The third kappa shape index (κ3) is 24.2. The molecule has 5 rings (SSSR count). The van der Waals surface area contributed by atoms with E-state index in [1.165, 1.54) is 9.80 Å². The van der Waals surface area contributed by atoms with Crippen molar-refractivity contribution in [1.82, 2.24) is 47.0 Å². The minimum absolute atomic E-state index is 0.00909. The van der Waals surface area contributed by atoms with Crippen molar-refractivity contribution in [3.8, 4) is 0 Å². The predicted octanol–water partition coefficient (Wildman–Crippen LogP) is -3.66. The number of nitrogens with two attached hydrogens (primary N) is 3. The van der Waals surface area contributed by atoms with E-state index >= 15 is 0 Å². The van der Waals surface area contributed by atoms with Crippen molar-refractivity contribution in [3.05, 3.63) is 35.9 Å². The van der Waals surface area contributed by atoms with E-state index in [0.717, 1.165) is 11.8 Å². The van der Waals surface area contributed by atoms with Gasteiger partial charge in [0.15, 0.2) is 5.96 Å². The Hall–Kier alpha value is -6.34. The van der Waals surface area contributed by atoms with Gasteiger partial charge in [-0.15, -0.1) is 11.8 Å². The topological polar surface area (TPSA) is 462 Å². The van der Waals surface area contributed by atoms with Gasteiger partial charge in [0.1, 0.15) is 30.9 Å². The smallest absolute Gasteiger partial charge is 0.305 e. The number of aliphatic imine (C=N–C) groups is 1. The lowest BCUT2D eigenvalue weighted by atomic mass is 9.81. The first-order chi connectivity index (χ1) is 40.4. The molecule has 1 aliphatic carbocycles. The van der Waals surface area contributed by atoms with Gasteiger partial charge < -0.3 is 83.8 Å². The fourth-order valence-corrected chi connectivity index (χ4v) is 12.1. The molecule has 1 aromatic carbocycles. The molecule has 85 heavy (non-hydrogen) atoms. The fourth-order valence-electron chi connectivity index (χ4n) is 10.4. The van der Waals surface area contributed by atoms with Crippen LogP contribution >= 0.6 is 18.5 Å². The second-order valence-corrected chi connectivity index (χ2v) is 25.5. The number of guanidine groups is 1. The Morgan fingerprint density at radius 2 is 1.47 bits per heavy atom. The van der Waals surface area contributed by atoms with Crippen molar-refractivity contribution >= 4 is 101 Å². The number of benzene rings is 1. The lowest BCUT2D eigenvalue weighted by Crippen LogP contribution is -2.58. The van der Waals surface area contributed by atoms with Gasteiger partial charge in [0.05, 0.1) is 43.0 Å². The van der Waals surface area contributed by atoms with E-state index in [1.54, 1.807) is 30.3 Å². The third-order valence-corrected chi connectivity index (χ3v) is 17.1. The number of carbonyl (C=O) groups is 11. The van der Waals surface area contributed by atoms with Gasteiger partial charge in [-0.2, -0.15) is 0 Å². The van der Waals surface area contributed by atoms with E-state index in [0.29, 0.717) is 57.1 Å². The molecule has 29 nitrogen and oxygen atoms in total. The van der Waals surface area contributed by atoms with E-state index in [4.69, 9.17) is 21.7 Å². The summed E-state index contributed by atoms with van der Waals surface area (Å²) >= 11 is 5.48. The zero-order chi connectivity index (χ0) is 62.2. The van der Waals surface area contributed by atoms with Gasteiger partial charge in [-0.25, -0.2) is 0 Å². The number of thioether (sulfide) groups is 1. The van der Waals surface area contributed by atoms with Crippen molar-refractivity contribution in [2.45, 2.75) is 157 Å². The summed E-state index contributed by atoms with van der Waals surface area (Å²) in [7, 11) is 0. The fraction of sp³-hybridized carbons (Fsp3) is 0.660. The van der Waals surface area contributed by atoms with Gasteiger partial charge in [-0.3, -0.25) is 62.6 Å². The molecular weight excluding hydrogens is 1170 g/mol. The summed E-state index contributed by atoms with van der Waals surface area (Å²) in [6.45, 7) is -4.16. The first-order valence-electron chi connectivity index (χ1n) is 28.6. The van der Waals surface area contributed by atoms with E-state index in [9.17, 15) is 72.7 Å². The van der Waals surface area contributed by atoms with Gasteiger partial charge in [0.25, 0.3) is 0 Å². The van der Waals surface area contributed by atoms with E-state index in [-0.39, 0.29) is 138 Å². The Bertz CT molecular complexity index is 2590. The molecule has 4 aliphatic rings. The Morgan fingerprint density at radius 3 is 2.15 bits per heavy atom. The van der Waals surface area contributed by atoms with Crippen molar-refractivity contribution in [2.24, 2.45) is 34.0 Å². The van der Waals surface area contributed by atoms with Crippen LogP contribution in [0.5, 0.6) is 0 Å². The predicted molar refractivity (Wildman–Crippen MR) is 311 cm³/mol. The highest BCUT2D eigenvalue weighted by Crippen LogP contribution is 2.34. The number of aliphatic carboxylic acids is 1. The number of nitrogens with zero attached hydrogens (tertiary/aromatic N) is 3. The van der Waals surface area contributed by atoms with Crippen LogP contribution in [-0.2, 0) is 75.5 Å². The summed E-state index contributed by atoms with van der Waals surface area (Å²) < 4.78 is 4.81. The maximum Gasteiger partial charge on any atom is 0.305 e. The average Bonchev–Trinajstić information content (AvgIpc) is 3.37. The summed E-state index contributed by atoms with van der Waals surface area (Å²) in [5.41, 5.74) is 17.7. The van der Waals surface area contributed by atoms with Gasteiger partial charge >= 0.3 is 5.97 Å². The van der Waals surface area contributed by atoms with Crippen LogP contribution in [0.15, 0.2) is 35.3 Å². The molecule has 10 amide bonds. The molecule has 1 aromatic rings. The number of carboxylic acid groups (broad SMARTS) is 1. The summed E-state index contributed by atoms with van der Waals surface area (Å²) in [6.07, 6.45) is 3.60. The number of hydrogen-bond acceptors (Lipinski definition) is 18. The normalized spacial score (nSPS) is 25.4. The summed E-state index contributed by atoms with van der Waals surface area (Å²) in [6, 6.07) is 1.32. The molecule has 472 valence electrons. The molecule has 0 radical (unpaired) electrons. The van der Waals surface area contributed by atoms with Gasteiger partial charge in [-0.1, -0.05) is 48.6 Å². The number of hydrogen-bond donors (Lipinski definition) is 13. The monoisotopic (exact) mass is 1250 g/mol. The van der Waals surface area contributed by atoms with Crippen LogP contribution in [0.25, 0.3) is 0 Å². The van der Waals surface area contributed by atoms with Gasteiger partial charge in [0, 0.05) is 63.7 Å². The van der Waals surface area contributed by atoms with Crippen LogP contribution < -0.4 is 59.3 Å². The van der Waals surface area contributed by atoms with Crippen molar-refractivity contribution in [3.63, 3.8) is 0 Å². The first-order valence-corrected chi connectivity index (χ1v) is 32.2. The third-order valence-electron chi connectivity index (χ3n) is 15.0. The Labute approximate surface area is 501 Å². The van der Waals surface area contributed by atoms with Crippen LogP contribution in [0.4, 0.5) is 0 Å². The lowest BCUT2D eigenvalue weighted by Gasteiger charge is -2.30. The number of β-amino-alcohol motifs (C(OH)–C–C–N with tert-alkyl or cyclic N) is 1. The molecule has 1 saturated carbocycles. The molecular formula is C53H81N13O16PS2-. The van der Waals surface area contributed by atoms with Gasteiger partial charge in [-0.05, 0) is 88.5 Å². The molecule has 4 fully saturated rings. The molecule has 3 heterocycles. The largest absolute Gasteiger partial charge is 0.780 e. The summed E-state index contributed by atoms with van der Waals surface area (Å²) in [5.74, 6) is -7.68. The number of nitrogens with one attached hydrogen (secondary N) is 7. The SMILES string of the molecule is NC(N)=NCCC[C@@H]1NC(=O)[C@H](CCCCNC(=O)[C@@H](N)CSC2CC(=O)N(CC3CCC(C(=O)NCCCCCC(=O)N4C[C@H](O)C[C@H]4COP([O-])(O)=S)CC3)C2=O)NC(=O)[C@@H](Cc2ccccc2)NC(=O)[C@H](CC(=O)O)NC(=O)CNC1=O.